The molecule has 0 unspecified atom stereocenters. The Morgan fingerprint density at radius 1 is 0.773 bits per heavy atom. The maximum absolute atomic E-state index is 10.3. The summed E-state index contributed by atoms with van der Waals surface area (Å²) in [6.45, 7) is 0. The Morgan fingerprint density at radius 3 is 2.23 bits per heavy atom. The molecule has 102 valence electrons. The summed E-state index contributed by atoms with van der Waals surface area (Å²) < 4.78 is 0. The molecule has 4 nitrogen and oxygen atoms in total. The van der Waals surface area contributed by atoms with Gasteiger partial charge in [-0.1, -0.05) is 36.4 Å². The number of rotatable bonds is 2. The van der Waals surface area contributed by atoms with Crippen LogP contribution in [0.5, 0.6) is 5.75 Å². The van der Waals surface area contributed by atoms with Crippen LogP contribution in [0.2, 0.25) is 0 Å². The topological polar surface area (TPSA) is 71.0 Å². The van der Waals surface area contributed by atoms with Crippen LogP contribution in [0.4, 0.5) is 17.1 Å². The van der Waals surface area contributed by atoms with E-state index in [0.29, 0.717) is 16.8 Å². The van der Waals surface area contributed by atoms with E-state index >= 15 is 0 Å². The van der Waals surface area contributed by atoms with Gasteiger partial charge in [0.25, 0.3) is 0 Å². The Hall–Kier alpha value is -0.880. The Balaban J connectivity index is 0.00000121. The van der Waals surface area contributed by atoms with Gasteiger partial charge in [-0.05, 0) is 29.7 Å². The standard InChI is InChI=1S/C16H13N3O.2Na.2H/c17-13-8-4-5-11-9-10-14(16(20)15(11)13)19-18-12-6-2-1-3-7-12;;;;/h1-10,20H,17H2;;;;. The molecule has 0 atom stereocenters. The van der Waals surface area contributed by atoms with Crippen molar-refractivity contribution < 1.29 is 5.11 Å². The van der Waals surface area contributed by atoms with E-state index in [-0.39, 0.29) is 64.9 Å². The summed E-state index contributed by atoms with van der Waals surface area (Å²) in [6, 6.07) is 18.4. The molecule has 0 aliphatic heterocycles. The first-order chi connectivity index (χ1) is 9.75. The number of azo groups is 1. The van der Waals surface area contributed by atoms with E-state index in [1.807, 2.05) is 48.5 Å². The summed E-state index contributed by atoms with van der Waals surface area (Å²) in [5.74, 6) is 0.0558. The minimum absolute atomic E-state index is 0. The second kappa shape index (κ2) is 8.67. The summed E-state index contributed by atoms with van der Waals surface area (Å²) in [5.41, 5.74) is 7.56. The third-order valence-electron chi connectivity index (χ3n) is 3.06. The molecule has 0 aromatic heterocycles. The van der Waals surface area contributed by atoms with E-state index in [4.69, 9.17) is 5.73 Å². The number of nitrogen functional groups attached to an aromatic ring is 1. The summed E-state index contributed by atoms with van der Waals surface area (Å²) in [7, 11) is 0. The quantitative estimate of drug-likeness (QED) is 0.433. The molecule has 0 aliphatic carbocycles. The predicted octanol–water partition coefficient (Wildman–Crippen LogP) is 3.25. The molecule has 3 rings (SSSR count). The van der Waals surface area contributed by atoms with Crippen LogP contribution >= 0.6 is 0 Å². The van der Waals surface area contributed by atoms with Gasteiger partial charge < -0.3 is 10.8 Å². The average Bonchev–Trinajstić information content (AvgIpc) is 2.48. The van der Waals surface area contributed by atoms with Crippen LogP contribution in [0.15, 0.2) is 70.9 Å². The van der Waals surface area contributed by atoms with Crippen LogP contribution in [-0.2, 0) is 0 Å². The molecular weight excluding hydrogens is 296 g/mol. The molecule has 0 aliphatic rings. The fourth-order valence-corrected chi connectivity index (χ4v) is 2.06. The predicted molar refractivity (Wildman–Crippen MR) is 94.9 cm³/mol. The third-order valence-corrected chi connectivity index (χ3v) is 3.06. The Kier molecular flexibility index (Phi) is 7.56. The number of benzene rings is 3. The molecule has 0 bridgehead atoms. The molecule has 6 heteroatoms. The second-order valence-corrected chi connectivity index (χ2v) is 4.41. The zero-order valence-corrected chi connectivity index (χ0v) is 10.7. The summed E-state index contributed by atoms with van der Waals surface area (Å²) in [5, 5.41) is 19.9. The molecule has 0 spiro atoms. The van der Waals surface area contributed by atoms with Crippen molar-refractivity contribution in [2.45, 2.75) is 0 Å². The number of hydrogen-bond acceptors (Lipinski definition) is 4. The minimum atomic E-state index is 0. The second-order valence-electron chi connectivity index (χ2n) is 4.41. The van der Waals surface area contributed by atoms with Crippen molar-refractivity contribution >= 4 is 86.9 Å². The summed E-state index contributed by atoms with van der Waals surface area (Å²) >= 11 is 0. The van der Waals surface area contributed by atoms with Crippen molar-refractivity contribution in [2.24, 2.45) is 10.2 Å². The zero-order chi connectivity index (χ0) is 13.9. The van der Waals surface area contributed by atoms with Gasteiger partial charge in [-0.25, -0.2) is 0 Å². The monoisotopic (exact) mass is 311 g/mol. The van der Waals surface area contributed by atoms with E-state index in [2.05, 4.69) is 10.2 Å². The Labute approximate surface area is 173 Å². The van der Waals surface area contributed by atoms with Crippen LogP contribution < -0.4 is 5.73 Å². The number of nitrogens with two attached hydrogens (primary N) is 1. The molecule has 22 heavy (non-hydrogen) atoms. The van der Waals surface area contributed by atoms with Crippen LogP contribution in [0.3, 0.4) is 0 Å². The van der Waals surface area contributed by atoms with E-state index in [0.717, 1.165) is 11.1 Å². The number of fused-ring (bicyclic) bond motifs is 1. The van der Waals surface area contributed by atoms with Crippen LogP contribution in [0.1, 0.15) is 0 Å². The van der Waals surface area contributed by atoms with Gasteiger partial charge in [0.1, 0.15) is 5.69 Å². The molecule has 3 aromatic carbocycles. The summed E-state index contributed by atoms with van der Waals surface area (Å²) in [4.78, 5) is 0. The normalized spacial score (nSPS) is 10.2. The first-order valence-corrected chi connectivity index (χ1v) is 6.22. The number of nitrogens with zero attached hydrogens (tertiary/aromatic N) is 2. The number of phenolic OH excluding ortho intramolecular Hbond substituents is 1. The first kappa shape index (κ1) is 19.2. The van der Waals surface area contributed by atoms with Crippen molar-refractivity contribution in [1.82, 2.24) is 0 Å². The molecule has 0 heterocycles. The number of hydrogen-bond donors (Lipinski definition) is 2. The Morgan fingerprint density at radius 2 is 1.50 bits per heavy atom. The van der Waals surface area contributed by atoms with Gasteiger partial charge in [0.15, 0.2) is 5.75 Å². The zero-order valence-electron chi connectivity index (χ0n) is 10.7. The van der Waals surface area contributed by atoms with Crippen LogP contribution in [-0.4, -0.2) is 64.2 Å². The van der Waals surface area contributed by atoms with Gasteiger partial charge in [0.05, 0.1) is 5.69 Å². The van der Waals surface area contributed by atoms with Gasteiger partial charge in [0.2, 0.25) is 0 Å². The van der Waals surface area contributed by atoms with Gasteiger partial charge >= 0.3 is 59.1 Å². The molecule has 0 radical (unpaired) electrons. The van der Waals surface area contributed by atoms with Crippen molar-refractivity contribution in [3.63, 3.8) is 0 Å². The van der Waals surface area contributed by atoms with E-state index in [9.17, 15) is 5.11 Å². The number of phenols is 1. The maximum atomic E-state index is 10.3. The van der Waals surface area contributed by atoms with Crippen molar-refractivity contribution in [3.8, 4) is 5.75 Å². The molecule has 0 fully saturated rings. The molecule has 0 saturated heterocycles. The van der Waals surface area contributed by atoms with Crippen molar-refractivity contribution in [3.05, 3.63) is 60.7 Å². The van der Waals surface area contributed by atoms with Crippen LogP contribution in [0.25, 0.3) is 10.8 Å². The molecule has 0 amide bonds. The van der Waals surface area contributed by atoms with Gasteiger partial charge in [-0.15, -0.1) is 5.11 Å². The Bertz CT molecular complexity index is 792. The SMILES string of the molecule is Nc1cccc2ccc(N=Nc3ccccc3)c(O)c12.[NaH].[NaH]. The van der Waals surface area contributed by atoms with Crippen LogP contribution in [0, 0.1) is 0 Å². The third kappa shape index (κ3) is 4.10. The summed E-state index contributed by atoms with van der Waals surface area (Å²) in [6.07, 6.45) is 0. The average molecular weight is 311 g/mol. The van der Waals surface area contributed by atoms with E-state index in [1.165, 1.54) is 0 Å². The molecule has 0 saturated carbocycles. The van der Waals surface area contributed by atoms with Gasteiger partial charge in [-0.3, -0.25) is 0 Å². The van der Waals surface area contributed by atoms with Crippen molar-refractivity contribution in [2.75, 3.05) is 5.73 Å². The number of anilines is 1. The molecule has 3 aromatic rings. The fraction of sp³-hybridized carbons (Fsp3) is 0. The first-order valence-electron chi connectivity index (χ1n) is 6.22. The molecular formula is C16H15N3Na2O. The van der Waals surface area contributed by atoms with Gasteiger partial charge in [0, 0.05) is 11.1 Å². The van der Waals surface area contributed by atoms with E-state index < -0.39 is 0 Å². The fourth-order valence-electron chi connectivity index (χ4n) is 2.06. The van der Waals surface area contributed by atoms with Gasteiger partial charge in [-0.2, -0.15) is 5.11 Å². The van der Waals surface area contributed by atoms with Crippen molar-refractivity contribution in [1.29, 1.82) is 0 Å². The number of aromatic hydroxyl groups is 1. The molecule has 3 N–H and O–H groups in total. The van der Waals surface area contributed by atoms with E-state index in [1.54, 1.807) is 12.1 Å².